The monoisotopic (exact) mass is 396 g/mol. The van der Waals surface area contributed by atoms with Gasteiger partial charge in [-0.3, -0.25) is 4.79 Å². The second kappa shape index (κ2) is 8.15. The number of benzene rings is 2. The van der Waals surface area contributed by atoms with Crippen LogP contribution in [0.4, 0.5) is 4.39 Å². The van der Waals surface area contributed by atoms with Crippen molar-refractivity contribution in [3.63, 3.8) is 0 Å². The molecule has 2 aromatic carbocycles. The molecule has 6 heteroatoms. The minimum atomic E-state index is -0.236. The highest BCUT2D eigenvalue weighted by atomic mass is 19.1. The summed E-state index contributed by atoms with van der Waals surface area (Å²) in [6.07, 6.45) is 3.49. The number of aromatic amines is 1. The largest absolute Gasteiger partial charge is 0.493 e. The quantitative estimate of drug-likeness (QED) is 0.664. The van der Waals surface area contributed by atoms with Crippen molar-refractivity contribution in [2.75, 3.05) is 14.2 Å². The Morgan fingerprint density at radius 3 is 2.79 bits per heavy atom. The van der Waals surface area contributed by atoms with E-state index < -0.39 is 0 Å². The van der Waals surface area contributed by atoms with Gasteiger partial charge in [0, 0.05) is 29.1 Å². The summed E-state index contributed by atoms with van der Waals surface area (Å²) in [4.78, 5) is 15.9. The lowest BCUT2D eigenvalue weighted by molar-refractivity contribution is -0.121. The second-order valence-corrected chi connectivity index (χ2v) is 7.47. The number of nitrogens with one attached hydrogen (secondary N) is 2. The Morgan fingerprint density at radius 1 is 1.17 bits per heavy atom. The Kier molecular flexibility index (Phi) is 5.43. The van der Waals surface area contributed by atoms with Gasteiger partial charge in [0.15, 0.2) is 11.5 Å². The van der Waals surface area contributed by atoms with E-state index in [1.807, 2.05) is 18.2 Å². The van der Waals surface area contributed by atoms with Crippen molar-refractivity contribution in [1.82, 2.24) is 10.3 Å². The van der Waals surface area contributed by atoms with E-state index in [1.54, 1.807) is 26.4 Å². The van der Waals surface area contributed by atoms with Gasteiger partial charge in [0.25, 0.3) is 0 Å². The number of ether oxygens (including phenoxy) is 2. The van der Waals surface area contributed by atoms with E-state index in [0.717, 1.165) is 47.0 Å². The summed E-state index contributed by atoms with van der Waals surface area (Å²) in [5.41, 5.74) is 4.25. The number of hydrogen-bond donors (Lipinski definition) is 2. The molecule has 1 atom stereocenters. The topological polar surface area (TPSA) is 63.3 Å². The van der Waals surface area contributed by atoms with Gasteiger partial charge >= 0.3 is 0 Å². The van der Waals surface area contributed by atoms with Gasteiger partial charge in [0.2, 0.25) is 5.91 Å². The van der Waals surface area contributed by atoms with E-state index in [9.17, 15) is 9.18 Å². The van der Waals surface area contributed by atoms with Crippen molar-refractivity contribution in [3.8, 4) is 11.5 Å². The number of fused-ring (bicyclic) bond motifs is 3. The van der Waals surface area contributed by atoms with Gasteiger partial charge in [-0.05, 0) is 67.1 Å². The Balaban J connectivity index is 1.37. The lowest BCUT2D eigenvalue weighted by Crippen LogP contribution is -2.38. The van der Waals surface area contributed by atoms with E-state index in [-0.39, 0.29) is 17.8 Å². The average molecular weight is 396 g/mol. The highest BCUT2D eigenvalue weighted by molar-refractivity contribution is 5.85. The summed E-state index contributed by atoms with van der Waals surface area (Å²) in [5, 5.41) is 4.07. The van der Waals surface area contributed by atoms with Gasteiger partial charge in [-0.15, -0.1) is 0 Å². The van der Waals surface area contributed by atoms with Crippen LogP contribution in [0.2, 0.25) is 0 Å². The standard InChI is InChI=1S/C23H25FN2O3/c1-28-21-9-3-14(11-22(21)29-2)4-10-23(27)25-16-6-8-20-18(13-16)17-12-15(24)5-7-19(17)26-20/h3,5,7,9,11-12,16,26H,4,6,8,10,13H2,1-2H3,(H,25,27). The Bertz CT molecular complexity index is 1040. The van der Waals surface area contributed by atoms with E-state index in [2.05, 4.69) is 10.3 Å². The maximum atomic E-state index is 13.7. The summed E-state index contributed by atoms with van der Waals surface area (Å²) < 4.78 is 24.2. The lowest BCUT2D eigenvalue weighted by atomic mass is 9.91. The van der Waals surface area contributed by atoms with Gasteiger partial charge in [0.1, 0.15) is 5.82 Å². The molecule has 4 rings (SSSR count). The Hall–Kier alpha value is -3.02. The fourth-order valence-electron chi connectivity index (χ4n) is 4.11. The Labute approximate surface area is 169 Å². The van der Waals surface area contributed by atoms with Crippen LogP contribution in [0.5, 0.6) is 11.5 Å². The molecule has 1 aliphatic rings. The number of amides is 1. The summed E-state index contributed by atoms with van der Waals surface area (Å²) >= 11 is 0. The first-order chi connectivity index (χ1) is 14.1. The fourth-order valence-corrected chi connectivity index (χ4v) is 4.11. The van der Waals surface area contributed by atoms with E-state index in [0.29, 0.717) is 24.3 Å². The van der Waals surface area contributed by atoms with Crippen molar-refractivity contribution < 1.29 is 18.7 Å². The molecule has 0 radical (unpaired) electrons. The SMILES string of the molecule is COc1ccc(CCC(=O)NC2CCc3[nH]c4ccc(F)cc4c3C2)cc1OC. The van der Waals surface area contributed by atoms with Crippen molar-refractivity contribution in [2.24, 2.45) is 0 Å². The van der Waals surface area contributed by atoms with Crippen molar-refractivity contribution in [1.29, 1.82) is 0 Å². The van der Waals surface area contributed by atoms with Crippen molar-refractivity contribution in [3.05, 3.63) is 59.0 Å². The first-order valence-corrected chi connectivity index (χ1v) is 9.86. The highest BCUT2D eigenvalue weighted by Gasteiger charge is 2.24. The number of rotatable bonds is 6. The highest BCUT2D eigenvalue weighted by Crippen LogP contribution is 2.30. The summed E-state index contributed by atoms with van der Waals surface area (Å²) in [6.45, 7) is 0. The molecule has 0 saturated heterocycles. The van der Waals surface area contributed by atoms with Crippen LogP contribution < -0.4 is 14.8 Å². The molecule has 29 heavy (non-hydrogen) atoms. The van der Waals surface area contributed by atoms with Crippen molar-refractivity contribution in [2.45, 2.75) is 38.1 Å². The smallest absolute Gasteiger partial charge is 0.220 e. The molecule has 5 nitrogen and oxygen atoms in total. The van der Waals surface area contributed by atoms with Crippen LogP contribution in [0.25, 0.3) is 10.9 Å². The second-order valence-electron chi connectivity index (χ2n) is 7.47. The molecule has 0 aliphatic heterocycles. The fraction of sp³-hybridized carbons (Fsp3) is 0.348. The van der Waals surface area contributed by atoms with Crippen molar-refractivity contribution >= 4 is 16.8 Å². The average Bonchev–Trinajstić information content (AvgIpc) is 3.09. The minimum Gasteiger partial charge on any atom is -0.493 e. The first kappa shape index (κ1) is 19.3. The molecule has 0 spiro atoms. The molecule has 1 aromatic heterocycles. The van der Waals surface area contributed by atoms with Gasteiger partial charge in [-0.2, -0.15) is 0 Å². The van der Waals surface area contributed by atoms with Crippen LogP contribution >= 0.6 is 0 Å². The minimum absolute atomic E-state index is 0.0271. The Morgan fingerprint density at radius 2 is 2.00 bits per heavy atom. The number of aromatic nitrogens is 1. The normalized spacial score (nSPS) is 15.8. The van der Waals surface area contributed by atoms with E-state index in [4.69, 9.17) is 9.47 Å². The molecular formula is C23H25FN2O3. The lowest BCUT2D eigenvalue weighted by Gasteiger charge is -2.23. The van der Waals surface area contributed by atoms with Crippen LogP contribution in [-0.4, -0.2) is 31.2 Å². The van der Waals surface area contributed by atoms with Crippen LogP contribution in [-0.2, 0) is 24.1 Å². The number of halogens is 1. The number of hydrogen-bond acceptors (Lipinski definition) is 3. The molecule has 0 saturated carbocycles. The number of methoxy groups -OCH3 is 2. The molecule has 1 heterocycles. The number of aryl methyl sites for hydroxylation is 2. The first-order valence-electron chi connectivity index (χ1n) is 9.86. The van der Waals surface area contributed by atoms with E-state index >= 15 is 0 Å². The third-order valence-electron chi connectivity index (χ3n) is 5.60. The molecular weight excluding hydrogens is 371 g/mol. The molecule has 1 amide bonds. The summed E-state index contributed by atoms with van der Waals surface area (Å²) in [5.74, 6) is 1.13. The van der Waals surface area contributed by atoms with Gasteiger partial charge in [0.05, 0.1) is 14.2 Å². The van der Waals surface area contributed by atoms with Gasteiger partial charge < -0.3 is 19.8 Å². The predicted molar refractivity (Wildman–Crippen MR) is 110 cm³/mol. The summed E-state index contributed by atoms with van der Waals surface area (Å²) in [6, 6.07) is 10.6. The van der Waals surface area contributed by atoms with Crippen LogP contribution in [0.15, 0.2) is 36.4 Å². The van der Waals surface area contributed by atoms with E-state index in [1.165, 1.54) is 6.07 Å². The molecule has 0 bridgehead atoms. The molecule has 1 unspecified atom stereocenters. The number of H-pyrrole nitrogens is 1. The third kappa shape index (κ3) is 4.06. The number of carbonyl (C=O) groups is 1. The van der Waals surface area contributed by atoms with Gasteiger partial charge in [-0.1, -0.05) is 6.07 Å². The number of carbonyl (C=O) groups excluding carboxylic acids is 1. The van der Waals surface area contributed by atoms with Gasteiger partial charge in [-0.25, -0.2) is 4.39 Å². The zero-order valence-corrected chi connectivity index (χ0v) is 16.7. The predicted octanol–water partition coefficient (Wildman–Crippen LogP) is 3.93. The summed E-state index contributed by atoms with van der Waals surface area (Å²) in [7, 11) is 3.20. The zero-order chi connectivity index (χ0) is 20.4. The van der Waals surface area contributed by atoms with Crippen LogP contribution in [0.3, 0.4) is 0 Å². The molecule has 0 fully saturated rings. The molecule has 1 aliphatic carbocycles. The van der Waals surface area contributed by atoms with Crippen LogP contribution in [0, 0.1) is 5.82 Å². The molecule has 152 valence electrons. The molecule has 3 aromatic rings. The zero-order valence-electron chi connectivity index (χ0n) is 16.7. The molecule has 2 N–H and O–H groups in total. The van der Waals surface area contributed by atoms with Crippen LogP contribution in [0.1, 0.15) is 29.7 Å². The maximum Gasteiger partial charge on any atom is 0.220 e. The maximum absolute atomic E-state index is 13.7. The third-order valence-corrected chi connectivity index (χ3v) is 5.60.